The van der Waals surface area contributed by atoms with Crippen LogP contribution in [0.4, 0.5) is 4.79 Å². The standard InChI is InChI=1S/C8H9N3O3/c12-7-6(1-4-14-7)10-8(13)11-3-2-9-5-11/h2-3,5-6H,1,4H2,(H,10,13). The molecule has 0 saturated carbocycles. The van der Waals surface area contributed by atoms with Gasteiger partial charge in [0.25, 0.3) is 0 Å². The van der Waals surface area contributed by atoms with Crippen molar-refractivity contribution < 1.29 is 14.3 Å². The number of rotatable bonds is 1. The molecule has 14 heavy (non-hydrogen) atoms. The van der Waals surface area contributed by atoms with Gasteiger partial charge in [0.15, 0.2) is 0 Å². The normalized spacial score (nSPS) is 20.6. The Bertz CT molecular complexity index is 347. The van der Waals surface area contributed by atoms with Gasteiger partial charge in [-0.05, 0) is 0 Å². The minimum atomic E-state index is -0.523. The van der Waals surface area contributed by atoms with Crippen molar-refractivity contribution in [2.45, 2.75) is 12.5 Å². The Morgan fingerprint density at radius 2 is 2.57 bits per heavy atom. The van der Waals surface area contributed by atoms with E-state index in [0.29, 0.717) is 13.0 Å². The van der Waals surface area contributed by atoms with Gasteiger partial charge in [-0.25, -0.2) is 14.6 Å². The zero-order valence-corrected chi connectivity index (χ0v) is 7.34. The highest BCUT2D eigenvalue weighted by Gasteiger charge is 2.28. The van der Waals surface area contributed by atoms with Crippen molar-refractivity contribution in [2.24, 2.45) is 0 Å². The van der Waals surface area contributed by atoms with Gasteiger partial charge in [0.05, 0.1) is 6.61 Å². The number of carbonyl (C=O) groups is 2. The number of nitrogens with one attached hydrogen (secondary N) is 1. The second kappa shape index (κ2) is 3.49. The number of imidazole rings is 1. The van der Waals surface area contributed by atoms with Gasteiger partial charge in [-0.15, -0.1) is 0 Å². The van der Waals surface area contributed by atoms with E-state index in [2.05, 4.69) is 10.3 Å². The molecule has 1 aliphatic rings. The van der Waals surface area contributed by atoms with Gasteiger partial charge in [0, 0.05) is 18.8 Å². The maximum absolute atomic E-state index is 11.4. The number of cyclic esters (lactones) is 1. The molecule has 1 aromatic rings. The van der Waals surface area contributed by atoms with Crippen LogP contribution in [0.2, 0.25) is 0 Å². The van der Waals surface area contributed by atoms with Crippen molar-refractivity contribution in [3.63, 3.8) is 0 Å². The summed E-state index contributed by atoms with van der Waals surface area (Å²) in [5, 5.41) is 2.54. The number of esters is 1. The van der Waals surface area contributed by atoms with Crippen LogP contribution in [0.5, 0.6) is 0 Å². The summed E-state index contributed by atoms with van der Waals surface area (Å²) in [5.74, 6) is -0.376. The zero-order valence-electron chi connectivity index (χ0n) is 7.34. The Morgan fingerprint density at radius 3 is 3.14 bits per heavy atom. The van der Waals surface area contributed by atoms with Crippen LogP contribution in [0.25, 0.3) is 0 Å². The zero-order chi connectivity index (χ0) is 9.97. The summed E-state index contributed by atoms with van der Waals surface area (Å²) in [6.45, 7) is 0.369. The second-order valence-electron chi connectivity index (χ2n) is 2.93. The molecule has 0 radical (unpaired) electrons. The summed E-state index contributed by atoms with van der Waals surface area (Å²) in [6.07, 6.45) is 4.90. The second-order valence-corrected chi connectivity index (χ2v) is 2.93. The number of hydrogen-bond donors (Lipinski definition) is 1. The first-order chi connectivity index (χ1) is 6.77. The summed E-state index contributed by atoms with van der Waals surface area (Å²) >= 11 is 0. The first-order valence-electron chi connectivity index (χ1n) is 4.23. The molecular formula is C8H9N3O3. The number of aromatic nitrogens is 2. The Balaban J connectivity index is 1.98. The minimum absolute atomic E-state index is 0.369. The van der Waals surface area contributed by atoms with Crippen LogP contribution >= 0.6 is 0 Å². The van der Waals surface area contributed by atoms with Crippen molar-refractivity contribution >= 4 is 12.0 Å². The molecule has 1 atom stereocenters. The number of hydrogen-bond acceptors (Lipinski definition) is 4. The summed E-state index contributed by atoms with van der Waals surface area (Å²) in [6, 6.07) is -0.892. The van der Waals surface area contributed by atoms with Gasteiger partial charge in [0.2, 0.25) is 0 Å². The van der Waals surface area contributed by atoms with E-state index in [9.17, 15) is 9.59 Å². The lowest BCUT2D eigenvalue weighted by atomic mass is 10.2. The third kappa shape index (κ3) is 1.59. The van der Waals surface area contributed by atoms with Crippen molar-refractivity contribution in [3.8, 4) is 0 Å². The molecule has 2 rings (SSSR count). The third-order valence-corrected chi connectivity index (χ3v) is 1.97. The Morgan fingerprint density at radius 1 is 1.71 bits per heavy atom. The van der Waals surface area contributed by atoms with Gasteiger partial charge in [-0.3, -0.25) is 4.57 Å². The molecule has 1 saturated heterocycles. The maximum atomic E-state index is 11.4. The number of carbonyl (C=O) groups excluding carboxylic acids is 2. The quantitative estimate of drug-likeness (QED) is 0.627. The van der Waals surface area contributed by atoms with E-state index < -0.39 is 6.04 Å². The fourth-order valence-corrected chi connectivity index (χ4v) is 1.23. The van der Waals surface area contributed by atoms with E-state index in [4.69, 9.17) is 4.74 Å². The third-order valence-electron chi connectivity index (χ3n) is 1.97. The Kier molecular flexibility index (Phi) is 2.18. The van der Waals surface area contributed by atoms with Crippen LogP contribution in [0.15, 0.2) is 18.7 Å². The highest BCUT2D eigenvalue weighted by Crippen LogP contribution is 2.05. The predicted octanol–water partition coefficient (Wildman–Crippen LogP) is -0.244. The molecule has 1 N–H and O–H groups in total. The number of amides is 1. The van der Waals surface area contributed by atoms with E-state index >= 15 is 0 Å². The van der Waals surface area contributed by atoms with Crippen LogP contribution in [0.3, 0.4) is 0 Å². The molecule has 0 aliphatic carbocycles. The lowest BCUT2D eigenvalue weighted by Crippen LogP contribution is -2.39. The maximum Gasteiger partial charge on any atom is 0.328 e. The molecule has 6 heteroatoms. The average Bonchev–Trinajstić information content (AvgIpc) is 2.77. The van der Waals surface area contributed by atoms with E-state index in [1.54, 1.807) is 0 Å². The average molecular weight is 195 g/mol. The molecule has 0 bridgehead atoms. The lowest BCUT2D eigenvalue weighted by Gasteiger charge is -2.07. The molecule has 1 aliphatic heterocycles. The molecular weight excluding hydrogens is 186 g/mol. The fourth-order valence-electron chi connectivity index (χ4n) is 1.23. The van der Waals surface area contributed by atoms with Crippen molar-refractivity contribution in [2.75, 3.05) is 6.61 Å². The topological polar surface area (TPSA) is 73.2 Å². The summed E-state index contributed by atoms with van der Waals surface area (Å²) in [4.78, 5) is 26.2. The predicted molar refractivity (Wildman–Crippen MR) is 45.5 cm³/mol. The van der Waals surface area contributed by atoms with Gasteiger partial charge in [-0.1, -0.05) is 0 Å². The lowest BCUT2D eigenvalue weighted by molar-refractivity contribution is -0.139. The van der Waals surface area contributed by atoms with Crippen LogP contribution in [-0.4, -0.2) is 34.2 Å². The molecule has 2 heterocycles. The molecule has 74 valence electrons. The largest absolute Gasteiger partial charge is 0.464 e. The van der Waals surface area contributed by atoms with Gasteiger partial charge in [-0.2, -0.15) is 0 Å². The SMILES string of the molecule is O=C1OCCC1NC(=O)n1ccnc1. The summed E-state index contributed by atoms with van der Waals surface area (Å²) in [7, 11) is 0. The van der Waals surface area contributed by atoms with Crippen molar-refractivity contribution in [1.29, 1.82) is 0 Å². The molecule has 1 amide bonds. The summed E-state index contributed by atoms with van der Waals surface area (Å²) < 4.78 is 5.97. The molecule has 1 fully saturated rings. The fraction of sp³-hybridized carbons (Fsp3) is 0.375. The van der Waals surface area contributed by atoms with Gasteiger partial charge in [0.1, 0.15) is 12.4 Å². The van der Waals surface area contributed by atoms with E-state index in [1.165, 1.54) is 23.3 Å². The molecule has 0 spiro atoms. The number of nitrogens with zero attached hydrogens (tertiary/aromatic N) is 2. The highest BCUT2D eigenvalue weighted by atomic mass is 16.5. The van der Waals surface area contributed by atoms with Gasteiger partial charge >= 0.3 is 12.0 Å². The van der Waals surface area contributed by atoms with E-state index in [1.807, 2.05) is 0 Å². The molecule has 1 unspecified atom stereocenters. The van der Waals surface area contributed by atoms with Crippen LogP contribution in [0, 0.1) is 0 Å². The van der Waals surface area contributed by atoms with E-state index in [0.717, 1.165) is 0 Å². The molecule has 0 aromatic carbocycles. The van der Waals surface area contributed by atoms with E-state index in [-0.39, 0.29) is 12.0 Å². The smallest absolute Gasteiger partial charge is 0.328 e. The summed E-state index contributed by atoms with van der Waals surface area (Å²) in [5.41, 5.74) is 0. The van der Waals surface area contributed by atoms with Gasteiger partial charge < -0.3 is 10.1 Å². The van der Waals surface area contributed by atoms with Crippen LogP contribution in [-0.2, 0) is 9.53 Å². The van der Waals surface area contributed by atoms with Crippen LogP contribution in [0.1, 0.15) is 6.42 Å². The molecule has 1 aromatic heterocycles. The van der Waals surface area contributed by atoms with Crippen molar-refractivity contribution in [3.05, 3.63) is 18.7 Å². The number of ether oxygens (including phenoxy) is 1. The highest BCUT2D eigenvalue weighted by molar-refractivity contribution is 5.85. The minimum Gasteiger partial charge on any atom is -0.464 e. The van der Waals surface area contributed by atoms with Crippen LogP contribution < -0.4 is 5.32 Å². The monoisotopic (exact) mass is 195 g/mol. The first-order valence-corrected chi connectivity index (χ1v) is 4.23. The first kappa shape index (κ1) is 8.74. The van der Waals surface area contributed by atoms with Crippen molar-refractivity contribution in [1.82, 2.24) is 14.9 Å². The Labute approximate surface area is 79.9 Å². The Hall–Kier alpha value is -1.85. The molecule has 6 nitrogen and oxygen atoms in total.